The van der Waals surface area contributed by atoms with Gasteiger partial charge < -0.3 is 5.11 Å². The lowest BCUT2D eigenvalue weighted by atomic mass is 10.1. The minimum absolute atomic E-state index is 0.273. The average molecular weight is 154 g/mol. The molecule has 0 atom stereocenters. The van der Waals surface area contributed by atoms with E-state index < -0.39 is 5.82 Å². The first kappa shape index (κ1) is 8.05. The van der Waals surface area contributed by atoms with E-state index in [1.165, 1.54) is 12.1 Å². The molecule has 1 aromatic rings. The molecule has 0 heterocycles. The normalized spacial score (nSPS) is 10.0. The van der Waals surface area contributed by atoms with Gasteiger partial charge in [-0.25, -0.2) is 4.39 Å². The Bertz CT molecular complexity index is 245. The monoisotopic (exact) mass is 154 g/mol. The summed E-state index contributed by atoms with van der Waals surface area (Å²) in [5.74, 6) is -0.805. The van der Waals surface area contributed by atoms with Gasteiger partial charge in [0.05, 0.1) is 0 Å². The fraction of sp³-hybridized carbons (Fsp3) is 0.333. The quantitative estimate of drug-likeness (QED) is 0.693. The molecule has 1 N–H and O–H groups in total. The molecular weight excluding hydrogens is 143 g/mol. The van der Waals surface area contributed by atoms with E-state index >= 15 is 0 Å². The minimum atomic E-state index is -0.532. The van der Waals surface area contributed by atoms with E-state index in [0.717, 1.165) is 18.4 Å². The molecule has 0 unspecified atom stereocenters. The standard InChI is InChI=1S/C9H11FO/c1-2-3-7-4-5-9(11)8(10)6-7/h4-6,11H,2-3H2,1H3. The molecule has 0 aromatic heterocycles. The molecule has 0 aliphatic carbocycles. The number of halogens is 1. The summed E-state index contributed by atoms with van der Waals surface area (Å²) in [4.78, 5) is 0. The van der Waals surface area contributed by atoms with Crippen LogP contribution in [0.5, 0.6) is 5.75 Å². The number of aromatic hydroxyl groups is 1. The fourth-order valence-corrected chi connectivity index (χ4v) is 0.995. The Hall–Kier alpha value is -1.05. The van der Waals surface area contributed by atoms with Crippen LogP contribution in [0.1, 0.15) is 18.9 Å². The summed E-state index contributed by atoms with van der Waals surface area (Å²) in [6, 6.07) is 4.50. The van der Waals surface area contributed by atoms with Crippen molar-refractivity contribution in [2.75, 3.05) is 0 Å². The number of hydrogen-bond acceptors (Lipinski definition) is 1. The molecule has 2 heteroatoms. The van der Waals surface area contributed by atoms with Gasteiger partial charge in [0.25, 0.3) is 0 Å². The maximum atomic E-state index is 12.7. The Kier molecular flexibility index (Phi) is 2.47. The Balaban J connectivity index is 2.86. The van der Waals surface area contributed by atoms with Crippen molar-refractivity contribution in [2.24, 2.45) is 0 Å². The minimum Gasteiger partial charge on any atom is -0.505 e. The zero-order valence-electron chi connectivity index (χ0n) is 6.47. The molecule has 0 spiro atoms. The zero-order valence-corrected chi connectivity index (χ0v) is 6.47. The second kappa shape index (κ2) is 3.37. The first-order chi connectivity index (χ1) is 5.24. The van der Waals surface area contributed by atoms with Crippen LogP contribution in [-0.2, 0) is 6.42 Å². The largest absolute Gasteiger partial charge is 0.505 e. The van der Waals surface area contributed by atoms with Gasteiger partial charge in [-0.15, -0.1) is 0 Å². The van der Waals surface area contributed by atoms with Crippen LogP contribution >= 0.6 is 0 Å². The van der Waals surface area contributed by atoms with Crippen LogP contribution in [0.25, 0.3) is 0 Å². The molecule has 0 amide bonds. The molecule has 11 heavy (non-hydrogen) atoms. The third kappa shape index (κ3) is 1.93. The molecule has 0 aliphatic rings. The van der Waals surface area contributed by atoms with Gasteiger partial charge in [-0.05, 0) is 24.1 Å². The van der Waals surface area contributed by atoms with Crippen molar-refractivity contribution in [1.29, 1.82) is 0 Å². The van der Waals surface area contributed by atoms with Crippen molar-refractivity contribution >= 4 is 0 Å². The lowest BCUT2D eigenvalue weighted by Gasteiger charge is -1.99. The average Bonchev–Trinajstić information content (AvgIpc) is 1.98. The van der Waals surface area contributed by atoms with E-state index in [9.17, 15) is 4.39 Å². The van der Waals surface area contributed by atoms with Gasteiger partial charge in [0.1, 0.15) is 0 Å². The van der Waals surface area contributed by atoms with Crippen LogP contribution in [0.4, 0.5) is 4.39 Å². The van der Waals surface area contributed by atoms with Gasteiger partial charge in [0.15, 0.2) is 11.6 Å². The number of hydrogen-bond donors (Lipinski definition) is 1. The second-order valence-corrected chi connectivity index (χ2v) is 2.54. The van der Waals surface area contributed by atoms with Gasteiger partial charge in [-0.1, -0.05) is 19.4 Å². The molecule has 0 aliphatic heterocycles. The molecule has 0 saturated carbocycles. The summed E-state index contributed by atoms with van der Waals surface area (Å²) < 4.78 is 12.7. The van der Waals surface area contributed by atoms with E-state index in [0.29, 0.717) is 0 Å². The van der Waals surface area contributed by atoms with E-state index in [-0.39, 0.29) is 5.75 Å². The zero-order chi connectivity index (χ0) is 8.27. The highest BCUT2D eigenvalue weighted by Gasteiger charge is 1.99. The Labute approximate surface area is 65.5 Å². The fourth-order valence-electron chi connectivity index (χ4n) is 0.995. The van der Waals surface area contributed by atoms with Gasteiger partial charge in [0.2, 0.25) is 0 Å². The number of benzene rings is 1. The molecule has 1 rings (SSSR count). The van der Waals surface area contributed by atoms with Gasteiger partial charge in [-0.2, -0.15) is 0 Å². The van der Waals surface area contributed by atoms with E-state index in [2.05, 4.69) is 0 Å². The topological polar surface area (TPSA) is 20.2 Å². The third-order valence-electron chi connectivity index (χ3n) is 1.55. The van der Waals surface area contributed by atoms with Crippen LogP contribution in [0.2, 0.25) is 0 Å². The number of phenols is 1. The highest BCUT2D eigenvalue weighted by atomic mass is 19.1. The predicted octanol–water partition coefficient (Wildman–Crippen LogP) is 2.48. The van der Waals surface area contributed by atoms with Crippen molar-refractivity contribution < 1.29 is 9.50 Å². The van der Waals surface area contributed by atoms with Gasteiger partial charge >= 0.3 is 0 Å². The molecular formula is C9H11FO. The van der Waals surface area contributed by atoms with Crippen LogP contribution in [-0.4, -0.2) is 5.11 Å². The summed E-state index contributed by atoms with van der Waals surface area (Å²) in [5.41, 5.74) is 0.933. The summed E-state index contributed by atoms with van der Waals surface area (Å²) in [7, 11) is 0. The number of rotatable bonds is 2. The van der Waals surface area contributed by atoms with Crippen molar-refractivity contribution in [3.8, 4) is 5.75 Å². The number of phenolic OH excluding ortho intramolecular Hbond substituents is 1. The van der Waals surface area contributed by atoms with E-state index in [4.69, 9.17) is 5.11 Å². The summed E-state index contributed by atoms with van der Waals surface area (Å²) in [5, 5.41) is 8.84. The van der Waals surface area contributed by atoms with Crippen molar-refractivity contribution in [3.05, 3.63) is 29.6 Å². The van der Waals surface area contributed by atoms with E-state index in [1.54, 1.807) is 6.07 Å². The van der Waals surface area contributed by atoms with Gasteiger partial charge in [-0.3, -0.25) is 0 Å². The molecule has 60 valence electrons. The highest BCUT2D eigenvalue weighted by Crippen LogP contribution is 2.16. The second-order valence-electron chi connectivity index (χ2n) is 2.54. The lowest BCUT2D eigenvalue weighted by Crippen LogP contribution is -1.84. The van der Waals surface area contributed by atoms with Crippen molar-refractivity contribution in [3.63, 3.8) is 0 Å². The first-order valence-corrected chi connectivity index (χ1v) is 3.71. The van der Waals surface area contributed by atoms with Crippen molar-refractivity contribution in [2.45, 2.75) is 19.8 Å². The maximum absolute atomic E-state index is 12.7. The molecule has 1 aromatic carbocycles. The Morgan fingerprint density at radius 3 is 2.73 bits per heavy atom. The van der Waals surface area contributed by atoms with Gasteiger partial charge in [0, 0.05) is 0 Å². The summed E-state index contributed by atoms with van der Waals surface area (Å²) in [6.45, 7) is 2.03. The highest BCUT2D eigenvalue weighted by molar-refractivity contribution is 5.27. The lowest BCUT2D eigenvalue weighted by molar-refractivity contribution is 0.432. The van der Waals surface area contributed by atoms with Crippen LogP contribution in [0.3, 0.4) is 0 Å². The van der Waals surface area contributed by atoms with Crippen LogP contribution in [0.15, 0.2) is 18.2 Å². The molecule has 0 bridgehead atoms. The molecule has 0 radical (unpaired) electrons. The smallest absolute Gasteiger partial charge is 0.165 e. The molecule has 1 nitrogen and oxygen atoms in total. The summed E-state index contributed by atoms with van der Waals surface area (Å²) >= 11 is 0. The van der Waals surface area contributed by atoms with Crippen LogP contribution in [0, 0.1) is 5.82 Å². The van der Waals surface area contributed by atoms with E-state index in [1.807, 2.05) is 6.92 Å². The summed E-state index contributed by atoms with van der Waals surface area (Å²) in [6.07, 6.45) is 1.85. The third-order valence-corrected chi connectivity index (χ3v) is 1.55. The number of aryl methyl sites for hydroxylation is 1. The first-order valence-electron chi connectivity index (χ1n) is 3.71. The predicted molar refractivity (Wildman–Crippen MR) is 42.1 cm³/mol. The Morgan fingerprint density at radius 1 is 1.45 bits per heavy atom. The van der Waals surface area contributed by atoms with Crippen molar-refractivity contribution in [1.82, 2.24) is 0 Å². The molecule has 0 fully saturated rings. The van der Waals surface area contributed by atoms with Crippen LogP contribution < -0.4 is 0 Å². The molecule has 0 saturated heterocycles. The maximum Gasteiger partial charge on any atom is 0.165 e. The Morgan fingerprint density at radius 2 is 2.18 bits per heavy atom. The SMILES string of the molecule is CCCc1ccc(O)c(F)c1.